The van der Waals surface area contributed by atoms with Gasteiger partial charge < -0.3 is 4.90 Å². The van der Waals surface area contributed by atoms with Gasteiger partial charge in [-0.2, -0.15) is 0 Å². The van der Waals surface area contributed by atoms with Crippen molar-refractivity contribution in [1.82, 2.24) is 19.9 Å². The van der Waals surface area contributed by atoms with Gasteiger partial charge in [-0.05, 0) is 51.0 Å². The minimum absolute atomic E-state index is 0.0749. The highest BCUT2D eigenvalue weighted by Gasteiger charge is 2.38. The van der Waals surface area contributed by atoms with Crippen LogP contribution in [0.3, 0.4) is 0 Å². The van der Waals surface area contributed by atoms with Crippen LogP contribution in [0.5, 0.6) is 0 Å². The Morgan fingerprint density at radius 2 is 2.03 bits per heavy atom. The van der Waals surface area contributed by atoms with Crippen molar-refractivity contribution in [3.63, 3.8) is 0 Å². The minimum atomic E-state index is -0.224. The van der Waals surface area contributed by atoms with Crippen LogP contribution >= 0.6 is 0 Å². The van der Waals surface area contributed by atoms with E-state index in [1.807, 2.05) is 32.0 Å². The van der Waals surface area contributed by atoms with Gasteiger partial charge in [0.2, 0.25) is 0 Å². The molecule has 0 aromatic carbocycles. The number of anilines is 3. The van der Waals surface area contributed by atoms with Crippen LogP contribution in [0.15, 0.2) is 42.9 Å². The van der Waals surface area contributed by atoms with Gasteiger partial charge in [-0.1, -0.05) is 0 Å². The van der Waals surface area contributed by atoms with Gasteiger partial charge in [0, 0.05) is 36.7 Å². The predicted molar refractivity (Wildman–Crippen MR) is 116 cm³/mol. The summed E-state index contributed by atoms with van der Waals surface area (Å²) in [5.74, 6) is 1.14. The number of nitrogens with zero attached hydrogens (tertiary/aromatic N) is 6. The molecule has 1 unspecified atom stereocenters. The average Bonchev–Trinajstić information content (AvgIpc) is 2.74. The van der Waals surface area contributed by atoms with E-state index in [-0.39, 0.29) is 12.1 Å². The molecule has 2 amide bonds. The van der Waals surface area contributed by atoms with Crippen molar-refractivity contribution in [2.45, 2.75) is 32.7 Å². The molecule has 2 aliphatic rings. The van der Waals surface area contributed by atoms with Crippen LogP contribution in [-0.4, -0.2) is 45.1 Å². The molecule has 1 fully saturated rings. The summed E-state index contributed by atoms with van der Waals surface area (Å²) in [7, 11) is 0. The summed E-state index contributed by atoms with van der Waals surface area (Å²) in [6, 6.07) is 7.89. The smallest absolute Gasteiger partial charge is 0.329 e. The van der Waals surface area contributed by atoms with Crippen molar-refractivity contribution in [2.24, 2.45) is 0 Å². The number of pyridine rings is 2. The Morgan fingerprint density at radius 3 is 2.87 bits per heavy atom. The van der Waals surface area contributed by atoms with Crippen molar-refractivity contribution < 1.29 is 4.79 Å². The molecule has 30 heavy (non-hydrogen) atoms. The number of nitrogens with one attached hydrogen (secondary N) is 1. The highest BCUT2D eigenvalue weighted by atomic mass is 16.2. The second-order valence-corrected chi connectivity index (χ2v) is 7.81. The Morgan fingerprint density at radius 1 is 1.13 bits per heavy atom. The van der Waals surface area contributed by atoms with Crippen LogP contribution in [0.4, 0.5) is 22.1 Å². The lowest BCUT2D eigenvalue weighted by atomic mass is 9.99. The second-order valence-electron chi connectivity index (χ2n) is 7.81. The topological polar surface area (TPSA) is 87.1 Å². The van der Waals surface area contributed by atoms with Gasteiger partial charge in [0.1, 0.15) is 0 Å². The quantitative estimate of drug-likeness (QED) is 0.706. The van der Waals surface area contributed by atoms with Crippen molar-refractivity contribution in [1.29, 1.82) is 0 Å². The largest absolute Gasteiger partial charge is 0.366 e. The van der Waals surface area contributed by atoms with Gasteiger partial charge in [-0.15, -0.1) is 0 Å². The Kier molecular flexibility index (Phi) is 4.54. The highest BCUT2D eigenvalue weighted by Crippen LogP contribution is 2.39. The third-order valence-electron chi connectivity index (χ3n) is 5.59. The molecule has 0 aliphatic carbocycles. The lowest BCUT2D eigenvalue weighted by Crippen LogP contribution is -2.56. The number of aromatic nitrogens is 4. The second kappa shape index (κ2) is 7.37. The number of fused-ring (bicyclic) bond motifs is 4. The fourth-order valence-electron chi connectivity index (χ4n) is 4.24. The zero-order valence-electron chi connectivity index (χ0n) is 17.0. The van der Waals surface area contributed by atoms with E-state index < -0.39 is 0 Å². The molecule has 152 valence electrons. The maximum atomic E-state index is 13.3. The number of carbonyl (C=O) groups excluding carboxylic acids is 1. The van der Waals surface area contributed by atoms with Gasteiger partial charge in [0.15, 0.2) is 11.6 Å². The fourth-order valence-corrected chi connectivity index (χ4v) is 4.24. The molecule has 2 bridgehead atoms. The van der Waals surface area contributed by atoms with E-state index in [0.717, 1.165) is 54.3 Å². The Hall–Kier alpha value is -3.55. The molecule has 3 aromatic rings. The number of hydrogen-bond donors (Lipinski definition) is 1. The summed E-state index contributed by atoms with van der Waals surface area (Å²) in [6.45, 7) is 5.61. The van der Waals surface area contributed by atoms with Gasteiger partial charge in [-0.25, -0.2) is 14.8 Å². The Balaban J connectivity index is 1.55. The first-order valence-electron chi connectivity index (χ1n) is 10.2. The van der Waals surface area contributed by atoms with E-state index in [2.05, 4.69) is 31.2 Å². The summed E-state index contributed by atoms with van der Waals surface area (Å²) < 4.78 is 0. The maximum absolute atomic E-state index is 13.3. The molecule has 5 rings (SSSR count). The lowest BCUT2D eigenvalue weighted by molar-refractivity contribution is 0.252. The Labute approximate surface area is 175 Å². The average molecular weight is 401 g/mol. The number of carbonyl (C=O) groups is 1. The van der Waals surface area contributed by atoms with Gasteiger partial charge in [0.05, 0.1) is 29.3 Å². The number of piperidine rings is 1. The number of urea groups is 1. The summed E-state index contributed by atoms with van der Waals surface area (Å²) in [5, 5.41) is 2.91. The fraction of sp³-hybridized carbons (Fsp3) is 0.318. The van der Waals surface area contributed by atoms with Gasteiger partial charge in [-0.3, -0.25) is 20.2 Å². The SMILES string of the molecule is Cc1cc(-c2ccc3c(n2)N(C(=O)Nc2cncc(C)n2)C2CCCN3C2)ccn1. The van der Waals surface area contributed by atoms with Crippen molar-refractivity contribution in [3.05, 3.63) is 54.2 Å². The van der Waals surface area contributed by atoms with E-state index in [4.69, 9.17) is 4.98 Å². The third-order valence-corrected chi connectivity index (χ3v) is 5.59. The van der Waals surface area contributed by atoms with E-state index in [1.165, 1.54) is 0 Å². The zero-order valence-corrected chi connectivity index (χ0v) is 17.0. The van der Waals surface area contributed by atoms with E-state index in [9.17, 15) is 4.79 Å². The van der Waals surface area contributed by atoms with Crippen molar-refractivity contribution >= 4 is 23.4 Å². The standard InChI is InChI=1S/C22H23N7O/c1-14-10-16(7-8-24-14)18-5-6-19-21(26-18)29(17-4-3-9-28(19)13-17)22(30)27-20-12-23-11-15(2)25-20/h5-8,10-12,17H,3-4,9,13H2,1-2H3,(H,25,27,30). The molecule has 0 saturated carbocycles. The van der Waals surface area contributed by atoms with Crippen LogP contribution in [0.2, 0.25) is 0 Å². The summed E-state index contributed by atoms with van der Waals surface area (Å²) in [6.07, 6.45) is 7.00. The predicted octanol–water partition coefficient (Wildman–Crippen LogP) is 3.57. The molecular formula is C22H23N7O. The van der Waals surface area contributed by atoms with Gasteiger partial charge >= 0.3 is 6.03 Å². The van der Waals surface area contributed by atoms with E-state index in [0.29, 0.717) is 11.6 Å². The number of hydrogen-bond acceptors (Lipinski definition) is 6. The van der Waals surface area contributed by atoms with Gasteiger partial charge in [0.25, 0.3) is 0 Å². The van der Waals surface area contributed by atoms with Crippen molar-refractivity contribution in [3.8, 4) is 11.3 Å². The molecule has 5 heterocycles. The van der Waals surface area contributed by atoms with Crippen molar-refractivity contribution in [2.75, 3.05) is 28.2 Å². The molecule has 8 heteroatoms. The van der Waals surface area contributed by atoms with Crippen LogP contribution in [0.1, 0.15) is 24.2 Å². The number of aryl methyl sites for hydroxylation is 2. The summed E-state index contributed by atoms with van der Waals surface area (Å²) in [5.41, 5.74) is 4.49. The molecule has 0 spiro atoms. The maximum Gasteiger partial charge on any atom is 0.329 e. The minimum Gasteiger partial charge on any atom is -0.366 e. The van der Waals surface area contributed by atoms with E-state index >= 15 is 0 Å². The lowest BCUT2D eigenvalue weighted by Gasteiger charge is -2.45. The normalized spacial score (nSPS) is 17.5. The third kappa shape index (κ3) is 3.34. The molecule has 1 saturated heterocycles. The molecule has 2 aliphatic heterocycles. The summed E-state index contributed by atoms with van der Waals surface area (Å²) >= 11 is 0. The first-order chi connectivity index (χ1) is 14.6. The van der Waals surface area contributed by atoms with Crippen LogP contribution in [0.25, 0.3) is 11.3 Å². The number of rotatable bonds is 2. The van der Waals surface area contributed by atoms with E-state index in [1.54, 1.807) is 23.5 Å². The highest BCUT2D eigenvalue weighted by molar-refractivity contribution is 6.04. The molecule has 8 nitrogen and oxygen atoms in total. The number of amides is 2. The summed E-state index contributed by atoms with van der Waals surface area (Å²) in [4.78, 5) is 35.1. The first-order valence-corrected chi connectivity index (χ1v) is 10.2. The monoisotopic (exact) mass is 401 g/mol. The Bertz CT molecular complexity index is 1120. The molecule has 3 aromatic heterocycles. The van der Waals surface area contributed by atoms with Crippen LogP contribution < -0.4 is 15.1 Å². The molecule has 0 radical (unpaired) electrons. The first kappa shape index (κ1) is 18.5. The zero-order chi connectivity index (χ0) is 20.7. The molecule has 1 atom stereocenters. The van der Waals surface area contributed by atoms with Crippen LogP contribution in [0, 0.1) is 13.8 Å². The van der Waals surface area contributed by atoms with Crippen LogP contribution in [-0.2, 0) is 0 Å². The molecular weight excluding hydrogens is 378 g/mol. The molecule has 1 N–H and O–H groups in total.